The fraction of sp³-hybridized carbons (Fsp3) is 0. The molecule has 2 N–H and O–H groups in total. The summed E-state index contributed by atoms with van der Waals surface area (Å²) in [6.07, 6.45) is 0. The molecule has 0 atom stereocenters. The van der Waals surface area contributed by atoms with Gasteiger partial charge in [-0.1, -0.05) is 36.4 Å². The molecule has 4 rings (SSSR count). The number of thiol groups is 2. The minimum Gasteiger partial charge on any atom is -0.477 e. The Bertz CT molecular complexity index is 1120. The number of fused-ring (bicyclic) bond motifs is 2. The van der Waals surface area contributed by atoms with Crippen molar-refractivity contribution in [3.63, 3.8) is 0 Å². The summed E-state index contributed by atoms with van der Waals surface area (Å²) in [6.45, 7) is 0. The first-order valence-electron chi connectivity index (χ1n) is 8.01. The van der Waals surface area contributed by atoms with E-state index in [0.717, 1.165) is 10.8 Å². The Balaban J connectivity index is 0.000000200. The van der Waals surface area contributed by atoms with E-state index in [4.69, 9.17) is 10.2 Å². The molecule has 2 heterocycles. The standard InChI is InChI=1S/2C10H7NO2S.Zn/c2*12-10(13)7-5-4-6-2-1-3-8(14)9(6)11-7;/h2*1-5,14H,(H,12,13);. The number of para-hydroxylation sites is 2. The Morgan fingerprint density at radius 3 is 1.38 bits per heavy atom. The smallest absolute Gasteiger partial charge is 0.354 e. The van der Waals surface area contributed by atoms with Crippen LogP contribution in [0.25, 0.3) is 21.8 Å². The number of carboxylic acids is 2. The molecule has 0 fully saturated rings. The van der Waals surface area contributed by atoms with Gasteiger partial charge in [-0.2, -0.15) is 0 Å². The molecule has 0 amide bonds. The third-order valence-corrected chi connectivity index (χ3v) is 4.56. The molecule has 0 unspecified atom stereocenters. The van der Waals surface area contributed by atoms with Crippen LogP contribution >= 0.6 is 25.3 Å². The minimum absolute atomic E-state index is 0. The Hall–Kier alpha value is -2.48. The Labute approximate surface area is 189 Å². The average molecular weight is 476 g/mol. The SMILES string of the molecule is O=C(O)c1ccc2cccc(S)c2n1.O=C(O)c1ccc2cccc(S)c2n1.[Zn]. The van der Waals surface area contributed by atoms with Crippen molar-refractivity contribution in [2.24, 2.45) is 0 Å². The summed E-state index contributed by atoms with van der Waals surface area (Å²) in [7, 11) is 0. The third-order valence-electron chi connectivity index (χ3n) is 3.84. The predicted molar refractivity (Wildman–Crippen MR) is 112 cm³/mol. The number of hydrogen-bond acceptors (Lipinski definition) is 6. The van der Waals surface area contributed by atoms with Gasteiger partial charge in [0.25, 0.3) is 0 Å². The van der Waals surface area contributed by atoms with E-state index in [2.05, 4.69) is 35.2 Å². The zero-order valence-corrected chi connectivity index (χ0v) is 19.7. The van der Waals surface area contributed by atoms with Gasteiger partial charge in [-0.25, -0.2) is 19.6 Å². The second kappa shape index (κ2) is 9.83. The van der Waals surface area contributed by atoms with Gasteiger partial charge in [-0.3, -0.25) is 0 Å². The maximum atomic E-state index is 10.7. The summed E-state index contributed by atoms with van der Waals surface area (Å²) in [5.41, 5.74) is 1.32. The third kappa shape index (κ3) is 5.32. The van der Waals surface area contributed by atoms with Crippen molar-refractivity contribution in [1.29, 1.82) is 0 Å². The van der Waals surface area contributed by atoms with Crippen LogP contribution in [0.2, 0.25) is 0 Å². The Morgan fingerprint density at radius 2 is 1.03 bits per heavy atom. The predicted octanol–water partition coefficient (Wildman–Crippen LogP) is 4.44. The van der Waals surface area contributed by atoms with Gasteiger partial charge in [0.15, 0.2) is 0 Å². The molecule has 0 radical (unpaired) electrons. The number of carbonyl (C=O) groups is 2. The number of nitrogens with zero attached hydrogens (tertiary/aromatic N) is 2. The van der Waals surface area contributed by atoms with E-state index in [0.29, 0.717) is 20.8 Å². The van der Waals surface area contributed by atoms with Gasteiger partial charge in [0.2, 0.25) is 0 Å². The molecule has 2 aromatic heterocycles. The van der Waals surface area contributed by atoms with Crippen molar-refractivity contribution in [3.05, 3.63) is 72.1 Å². The zero-order valence-electron chi connectivity index (χ0n) is 15.0. The molecule has 0 aliphatic rings. The van der Waals surface area contributed by atoms with Crippen molar-refractivity contribution < 1.29 is 39.3 Å². The first-order chi connectivity index (χ1) is 13.4. The van der Waals surface area contributed by atoms with Crippen LogP contribution in [-0.4, -0.2) is 32.1 Å². The van der Waals surface area contributed by atoms with Crippen LogP contribution in [0.1, 0.15) is 21.0 Å². The van der Waals surface area contributed by atoms with Crippen molar-refractivity contribution in [2.45, 2.75) is 9.79 Å². The molecule has 0 bridgehead atoms. The molecule has 6 nitrogen and oxygen atoms in total. The molecule has 0 saturated heterocycles. The van der Waals surface area contributed by atoms with E-state index >= 15 is 0 Å². The van der Waals surface area contributed by atoms with Gasteiger partial charge in [0.1, 0.15) is 11.4 Å². The van der Waals surface area contributed by atoms with Crippen LogP contribution in [0.15, 0.2) is 70.5 Å². The average Bonchev–Trinajstić information content (AvgIpc) is 2.68. The van der Waals surface area contributed by atoms with Gasteiger partial charge in [-0.15, -0.1) is 25.3 Å². The zero-order chi connectivity index (χ0) is 20.3. The first-order valence-corrected chi connectivity index (χ1v) is 8.90. The molecular weight excluding hydrogens is 462 g/mol. The maximum Gasteiger partial charge on any atom is 0.354 e. The second-order valence-electron chi connectivity index (χ2n) is 5.70. The summed E-state index contributed by atoms with van der Waals surface area (Å²) in [5, 5.41) is 19.3. The topological polar surface area (TPSA) is 100 Å². The summed E-state index contributed by atoms with van der Waals surface area (Å²) in [6, 6.07) is 17.4. The van der Waals surface area contributed by atoms with Crippen LogP contribution in [0.4, 0.5) is 0 Å². The van der Waals surface area contributed by atoms with Gasteiger partial charge >= 0.3 is 11.9 Å². The van der Waals surface area contributed by atoms with E-state index in [-0.39, 0.29) is 30.9 Å². The van der Waals surface area contributed by atoms with Crippen LogP contribution < -0.4 is 0 Å². The van der Waals surface area contributed by atoms with Crippen molar-refractivity contribution >= 4 is 59.0 Å². The largest absolute Gasteiger partial charge is 0.477 e. The molecule has 0 aliphatic carbocycles. The number of aromatic carboxylic acids is 2. The van der Waals surface area contributed by atoms with E-state index < -0.39 is 11.9 Å². The number of rotatable bonds is 2. The van der Waals surface area contributed by atoms with Crippen molar-refractivity contribution in [3.8, 4) is 0 Å². The van der Waals surface area contributed by atoms with E-state index in [1.807, 2.05) is 24.3 Å². The summed E-state index contributed by atoms with van der Waals surface area (Å²) >= 11 is 8.42. The fourth-order valence-corrected chi connectivity index (χ4v) is 3.03. The number of pyridine rings is 2. The molecule has 0 spiro atoms. The molecular formula is C20H14N2O4S2Zn. The van der Waals surface area contributed by atoms with Crippen molar-refractivity contribution in [1.82, 2.24) is 9.97 Å². The van der Waals surface area contributed by atoms with Gasteiger partial charge < -0.3 is 10.2 Å². The van der Waals surface area contributed by atoms with E-state index in [9.17, 15) is 9.59 Å². The summed E-state index contributed by atoms with van der Waals surface area (Å²) in [4.78, 5) is 30.7. The Kier molecular flexibility index (Phi) is 7.73. The normalized spacial score (nSPS) is 10.0. The van der Waals surface area contributed by atoms with Gasteiger partial charge in [0.05, 0.1) is 11.0 Å². The van der Waals surface area contributed by atoms with E-state index in [1.54, 1.807) is 24.3 Å². The Morgan fingerprint density at radius 1 is 0.655 bits per heavy atom. The molecule has 142 valence electrons. The number of benzene rings is 2. The number of hydrogen-bond donors (Lipinski definition) is 4. The van der Waals surface area contributed by atoms with Crippen LogP contribution in [-0.2, 0) is 19.5 Å². The molecule has 0 aliphatic heterocycles. The minimum atomic E-state index is -1.02. The fourth-order valence-electron chi connectivity index (χ4n) is 2.50. The summed E-state index contributed by atoms with van der Waals surface area (Å²) < 4.78 is 0. The maximum absolute atomic E-state index is 10.7. The molecule has 9 heteroatoms. The van der Waals surface area contributed by atoms with Crippen LogP contribution in [0, 0.1) is 0 Å². The number of carboxylic acid groups (broad SMARTS) is 2. The van der Waals surface area contributed by atoms with Crippen LogP contribution in [0.5, 0.6) is 0 Å². The summed E-state index contributed by atoms with van der Waals surface area (Å²) in [5.74, 6) is -2.05. The van der Waals surface area contributed by atoms with Gasteiger partial charge in [-0.05, 0) is 24.3 Å². The van der Waals surface area contributed by atoms with Crippen molar-refractivity contribution in [2.75, 3.05) is 0 Å². The molecule has 0 saturated carbocycles. The first kappa shape index (κ1) is 22.8. The quantitative estimate of drug-likeness (QED) is 0.253. The van der Waals surface area contributed by atoms with E-state index in [1.165, 1.54) is 12.1 Å². The monoisotopic (exact) mass is 474 g/mol. The number of aromatic nitrogens is 2. The molecule has 29 heavy (non-hydrogen) atoms. The van der Waals surface area contributed by atoms with Gasteiger partial charge in [0, 0.05) is 40.0 Å². The molecule has 4 aromatic rings. The van der Waals surface area contributed by atoms with Crippen LogP contribution in [0.3, 0.4) is 0 Å². The molecule has 2 aromatic carbocycles. The second-order valence-corrected chi connectivity index (χ2v) is 6.66.